The molecule has 3 aromatic carbocycles. The number of carbonyl (C=O) groups excluding carboxylic acids is 2. The number of esters is 1. The van der Waals surface area contributed by atoms with E-state index in [1.807, 2.05) is 91.0 Å². The summed E-state index contributed by atoms with van der Waals surface area (Å²) in [5.41, 5.74) is 8.74. The van der Waals surface area contributed by atoms with Crippen LogP contribution in [-0.4, -0.2) is 19.0 Å². The van der Waals surface area contributed by atoms with Crippen molar-refractivity contribution < 1.29 is 14.3 Å². The summed E-state index contributed by atoms with van der Waals surface area (Å²) >= 11 is 0. The first-order valence-corrected chi connectivity index (χ1v) is 10.1. The molecule has 3 N–H and O–H groups in total. The number of primary amides is 1. The molecule has 0 aliphatic carbocycles. The molecule has 0 radical (unpaired) electrons. The van der Waals surface area contributed by atoms with Crippen LogP contribution in [0.1, 0.15) is 29.0 Å². The number of hydrogen-bond donors (Lipinski definition) is 2. The first-order chi connectivity index (χ1) is 15.0. The smallest absolute Gasteiger partial charge is 0.306 e. The van der Waals surface area contributed by atoms with E-state index in [-0.39, 0.29) is 18.3 Å². The Balaban J connectivity index is 2.01. The highest BCUT2D eigenvalue weighted by atomic mass is 16.5. The molecule has 4 rings (SSSR count). The van der Waals surface area contributed by atoms with E-state index in [1.165, 1.54) is 7.11 Å². The van der Waals surface area contributed by atoms with Crippen molar-refractivity contribution in [2.24, 2.45) is 5.73 Å². The highest BCUT2D eigenvalue weighted by molar-refractivity contribution is 6.21. The first-order valence-electron chi connectivity index (χ1n) is 10.1. The number of methoxy groups -OCH3 is 1. The van der Waals surface area contributed by atoms with E-state index in [0.717, 1.165) is 22.4 Å². The fourth-order valence-electron chi connectivity index (χ4n) is 4.33. The molecule has 5 heteroatoms. The van der Waals surface area contributed by atoms with Crippen LogP contribution in [0.5, 0.6) is 0 Å². The normalized spacial score (nSPS) is 18.2. The second-order valence-corrected chi connectivity index (χ2v) is 7.57. The number of para-hydroxylation sites is 1. The summed E-state index contributed by atoms with van der Waals surface area (Å²) in [6.45, 7) is 0. The Morgan fingerprint density at radius 2 is 1.55 bits per heavy atom. The monoisotopic (exact) mass is 412 g/mol. The van der Waals surface area contributed by atoms with E-state index in [4.69, 9.17) is 10.5 Å². The van der Waals surface area contributed by atoms with Crippen molar-refractivity contribution in [2.45, 2.75) is 17.9 Å². The van der Waals surface area contributed by atoms with Gasteiger partial charge in [0.15, 0.2) is 0 Å². The van der Waals surface area contributed by atoms with Crippen molar-refractivity contribution in [3.05, 3.63) is 108 Å². The fraction of sp³-hybridized carbons (Fsp3) is 0.154. The number of nitrogens with one attached hydrogen (secondary N) is 1. The zero-order valence-electron chi connectivity index (χ0n) is 17.2. The van der Waals surface area contributed by atoms with Gasteiger partial charge in [0.2, 0.25) is 5.91 Å². The molecular formula is C26H24N2O3. The van der Waals surface area contributed by atoms with E-state index in [2.05, 4.69) is 5.32 Å². The van der Waals surface area contributed by atoms with Crippen LogP contribution in [0, 0.1) is 0 Å². The first kappa shape index (κ1) is 20.4. The lowest BCUT2D eigenvalue weighted by Crippen LogP contribution is -2.44. The molecule has 2 atom stereocenters. The number of amides is 1. The molecule has 3 aromatic rings. The molecular weight excluding hydrogens is 388 g/mol. The number of anilines is 1. The molecule has 0 spiro atoms. The predicted octanol–water partition coefficient (Wildman–Crippen LogP) is 4.22. The lowest BCUT2D eigenvalue weighted by molar-refractivity contribution is -0.141. The van der Waals surface area contributed by atoms with E-state index < -0.39 is 11.4 Å². The minimum atomic E-state index is -0.893. The number of benzene rings is 3. The zero-order chi connectivity index (χ0) is 21.8. The third kappa shape index (κ3) is 3.82. The number of fused-ring (bicyclic) bond motifs is 1. The average molecular weight is 412 g/mol. The second kappa shape index (κ2) is 8.48. The largest absolute Gasteiger partial charge is 0.469 e. The minimum Gasteiger partial charge on any atom is -0.469 e. The van der Waals surface area contributed by atoms with Crippen LogP contribution in [0.15, 0.2) is 91.0 Å². The standard InChI is InChI=1S/C26H24N2O3/c1-31-24(29)16-22(18-10-4-2-5-11-18)26(19-12-6-3-7-13-19)17-21(25(27)30)20-14-8-9-15-23(20)28-26/h2-15,17,22,28H,16H2,1H3,(H2,27,30). The number of carbonyl (C=O) groups is 2. The Kier molecular flexibility index (Phi) is 5.58. The molecule has 31 heavy (non-hydrogen) atoms. The molecule has 0 fully saturated rings. The molecule has 1 aliphatic heterocycles. The van der Waals surface area contributed by atoms with Crippen LogP contribution in [0.4, 0.5) is 5.69 Å². The Morgan fingerprint density at radius 3 is 2.19 bits per heavy atom. The Hall–Kier alpha value is -3.86. The minimum absolute atomic E-state index is 0.118. The zero-order valence-corrected chi connectivity index (χ0v) is 17.2. The Labute approximate surface area is 181 Å². The van der Waals surface area contributed by atoms with Gasteiger partial charge in [-0.1, -0.05) is 78.9 Å². The van der Waals surface area contributed by atoms with Crippen molar-refractivity contribution in [2.75, 3.05) is 12.4 Å². The van der Waals surface area contributed by atoms with E-state index in [1.54, 1.807) is 0 Å². The predicted molar refractivity (Wildman–Crippen MR) is 121 cm³/mol. The molecule has 0 aromatic heterocycles. The van der Waals surface area contributed by atoms with Gasteiger partial charge in [0.1, 0.15) is 0 Å². The van der Waals surface area contributed by atoms with Gasteiger partial charge in [0, 0.05) is 22.7 Å². The highest BCUT2D eigenvalue weighted by Gasteiger charge is 2.44. The molecule has 5 nitrogen and oxygen atoms in total. The summed E-state index contributed by atoms with van der Waals surface area (Å²) in [6, 6.07) is 27.1. The van der Waals surface area contributed by atoms with Gasteiger partial charge in [-0.25, -0.2) is 0 Å². The van der Waals surface area contributed by atoms with E-state index in [9.17, 15) is 9.59 Å². The van der Waals surface area contributed by atoms with Crippen LogP contribution < -0.4 is 11.1 Å². The molecule has 1 aliphatic rings. The Morgan fingerprint density at radius 1 is 0.935 bits per heavy atom. The SMILES string of the molecule is COC(=O)CC(c1ccccc1)C1(c2ccccc2)C=C(C(N)=O)c2ccccc2N1. The second-order valence-electron chi connectivity index (χ2n) is 7.57. The van der Waals surface area contributed by atoms with Gasteiger partial charge in [0.05, 0.1) is 19.1 Å². The van der Waals surface area contributed by atoms with E-state index >= 15 is 0 Å². The van der Waals surface area contributed by atoms with Crippen molar-refractivity contribution >= 4 is 23.1 Å². The summed E-state index contributed by atoms with van der Waals surface area (Å²) < 4.78 is 5.04. The lowest BCUT2D eigenvalue weighted by Gasteiger charge is -2.44. The number of rotatable bonds is 6. The molecule has 0 saturated heterocycles. The highest BCUT2D eigenvalue weighted by Crippen LogP contribution is 2.48. The number of ether oxygens (including phenoxy) is 1. The maximum absolute atomic E-state index is 12.5. The third-order valence-corrected chi connectivity index (χ3v) is 5.80. The van der Waals surface area contributed by atoms with Gasteiger partial charge in [-0.2, -0.15) is 0 Å². The number of hydrogen-bond acceptors (Lipinski definition) is 4. The van der Waals surface area contributed by atoms with Crippen LogP contribution in [-0.2, 0) is 19.9 Å². The molecule has 0 saturated carbocycles. The van der Waals surface area contributed by atoms with Crippen molar-refractivity contribution in [1.82, 2.24) is 0 Å². The van der Waals surface area contributed by atoms with Gasteiger partial charge in [-0.15, -0.1) is 0 Å². The van der Waals surface area contributed by atoms with Crippen LogP contribution in [0.25, 0.3) is 5.57 Å². The third-order valence-electron chi connectivity index (χ3n) is 5.80. The Bertz CT molecular complexity index is 1130. The van der Waals surface area contributed by atoms with Crippen LogP contribution in [0.2, 0.25) is 0 Å². The van der Waals surface area contributed by atoms with Gasteiger partial charge in [-0.3, -0.25) is 9.59 Å². The lowest BCUT2D eigenvalue weighted by atomic mass is 9.69. The van der Waals surface area contributed by atoms with Gasteiger partial charge in [-0.05, 0) is 23.3 Å². The maximum Gasteiger partial charge on any atom is 0.306 e. The molecule has 1 heterocycles. The van der Waals surface area contributed by atoms with Gasteiger partial charge >= 0.3 is 5.97 Å². The van der Waals surface area contributed by atoms with Crippen molar-refractivity contribution in [3.8, 4) is 0 Å². The van der Waals surface area contributed by atoms with E-state index in [0.29, 0.717) is 5.57 Å². The van der Waals surface area contributed by atoms with Crippen LogP contribution >= 0.6 is 0 Å². The summed E-state index contributed by atoms with van der Waals surface area (Å²) in [7, 11) is 1.38. The van der Waals surface area contributed by atoms with Gasteiger partial charge < -0.3 is 15.8 Å². The summed E-state index contributed by atoms with van der Waals surface area (Å²) in [6.07, 6.45) is 1.99. The van der Waals surface area contributed by atoms with Gasteiger partial charge in [0.25, 0.3) is 0 Å². The molecule has 0 bridgehead atoms. The quantitative estimate of drug-likeness (QED) is 0.594. The van der Waals surface area contributed by atoms with Crippen LogP contribution in [0.3, 0.4) is 0 Å². The summed E-state index contributed by atoms with van der Waals surface area (Å²) in [5, 5.41) is 3.65. The number of nitrogens with two attached hydrogens (primary N) is 1. The summed E-state index contributed by atoms with van der Waals surface area (Å²) in [4.78, 5) is 25.0. The fourth-order valence-corrected chi connectivity index (χ4v) is 4.33. The van der Waals surface area contributed by atoms with Crippen molar-refractivity contribution in [1.29, 1.82) is 0 Å². The maximum atomic E-state index is 12.5. The average Bonchev–Trinajstić information content (AvgIpc) is 2.82. The molecule has 156 valence electrons. The molecule has 1 amide bonds. The topological polar surface area (TPSA) is 81.4 Å². The summed E-state index contributed by atoms with van der Waals surface area (Å²) in [5.74, 6) is -1.20. The molecule has 2 unspecified atom stereocenters. The van der Waals surface area contributed by atoms with Crippen molar-refractivity contribution in [3.63, 3.8) is 0 Å².